The van der Waals surface area contributed by atoms with Crippen molar-refractivity contribution in [3.63, 3.8) is 0 Å². The largest absolute Gasteiger partial charge is 0.467 e. The van der Waals surface area contributed by atoms with E-state index in [0.717, 1.165) is 18.8 Å². The zero-order chi connectivity index (χ0) is 18.4. The standard InChI is InChI=1S/C19H19FN4O2/c20-16-3-5-17(6-4-16)24-9-7-23(8-10-24)14-15(12-21)19(25)22-13-18-2-1-11-26-18/h1-6,11,14H,7-10,13H2,(H,22,25)/b15-14+. The average molecular weight is 354 g/mol. The van der Waals surface area contributed by atoms with Crippen molar-refractivity contribution in [3.05, 3.63) is 66.0 Å². The lowest BCUT2D eigenvalue weighted by atomic mass is 10.2. The molecule has 1 saturated heterocycles. The van der Waals surface area contributed by atoms with E-state index in [-0.39, 0.29) is 17.9 Å². The molecule has 26 heavy (non-hydrogen) atoms. The molecule has 0 bridgehead atoms. The van der Waals surface area contributed by atoms with Crippen LogP contribution in [0.2, 0.25) is 0 Å². The molecular weight excluding hydrogens is 335 g/mol. The number of hydrogen-bond acceptors (Lipinski definition) is 5. The van der Waals surface area contributed by atoms with Crippen LogP contribution in [0.25, 0.3) is 0 Å². The third kappa shape index (κ3) is 4.42. The van der Waals surface area contributed by atoms with Gasteiger partial charge in [-0.2, -0.15) is 5.26 Å². The molecule has 2 aromatic rings. The second-order valence-corrected chi connectivity index (χ2v) is 5.92. The predicted octanol–water partition coefficient (Wildman–Crippen LogP) is 2.26. The fourth-order valence-electron chi connectivity index (χ4n) is 2.76. The molecule has 1 amide bonds. The Hall–Kier alpha value is -3.27. The lowest BCUT2D eigenvalue weighted by Gasteiger charge is -2.35. The van der Waals surface area contributed by atoms with Gasteiger partial charge in [0, 0.05) is 38.1 Å². The third-order valence-electron chi connectivity index (χ3n) is 4.19. The van der Waals surface area contributed by atoms with Crippen LogP contribution in [0.5, 0.6) is 0 Å². The van der Waals surface area contributed by atoms with Gasteiger partial charge in [-0.1, -0.05) is 0 Å². The average Bonchev–Trinajstić information content (AvgIpc) is 3.19. The van der Waals surface area contributed by atoms with Crippen molar-refractivity contribution in [1.82, 2.24) is 10.2 Å². The summed E-state index contributed by atoms with van der Waals surface area (Å²) in [5.41, 5.74) is 1.03. The number of nitriles is 1. The van der Waals surface area contributed by atoms with Gasteiger partial charge < -0.3 is 19.5 Å². The number of anilines is 1. The lowest BCUT2D eigenvalue weighted by Crippen LogP contribution is -2.44. The Labute approximate surface area is 151 Å². The van der Waals surface area contributed by atoms with Gasteiger partial charge in [0.15, 0.2) is 0 Å². The second kappa shape index (κ2) is 8.21. The Morgan fingerprint density at radius 2 is 1.96 bits per heavy atom. The van der Waals surface area contributed by atoms with Gasteiger partial charge in [-0.05, 0) is 36.4 Å². The first-order valence-electron chi connectivity index (χ1n) is 8.33. The first-order valence-corrected chi connectivity index (χ1v) is 8.33. The SMILES string of the molecule is N#C/C(=C\N1CCN(c2ccc(F)cc2)CC1)C(=O)NCc1ccco1. The summed E-state index contributed by atoms with van der Waals surface area (Å²) in [6.45, 7) is 3.05. The number of benzene rings is 1. The van der Waals surface area contributed by atoms with Crippen molar-refractivity contribution >= 4 is 11.6 Å². The van der Waals surface area contributed by atoms with Crippen LogP contribution in [0.4, 0.5) is 10.1 Å². The first kappa shape index (κ1) is 17.5. The summed E-state index contributed by atoms with van der Waals surface area (Å²) < 4.78 is 18.2. The quantitative estimate of drug-likeness (QED) is 0.659. The van der Waals surface area contributed by atoms with Crippen molar-refractivity contribution in [2.24, 2.45) is 0 Å². The maximum atomic E-state index is 13.0. The number of carbonyl (C=O) groups excluding carboxylic acids is 1. The van der Waals surface area contributed by atoms with Gasteiger partial charge in [0.2, 0.25) is 0 Å². The number of carbonyl (C=O) groups is 1. The van der Waals surface area contributed by atoms with E-state index in [2.05, 4.69) is 10.2 Å². The molecule has 1 aromatic heterocycles. The molecule has 1 aliphatic heterocycles. The molecule has 134 valence electrons. The van der Waals surface area contributed by atoms with Gasteiger partial charge in [-0.15, -0.1) is 0 Å². The number of piperazine rings is 1. The summed E-state index contributed by atoms with van der Waals surface area (Å²) in [5.74, 6) is -0.0528. The lowest BCUT2D eigenvalue weighted by molar-refractivity contribution is -0.117. The smallest absolute Gasteiger partial charge is 0.263 e. The topological polar surface area (TPSA) is 72.5 Å². The fourth-order valence-corrected chi connectivity index (χ4v) is 2.76. The molecular formula is C19H19FN4O2. The summed E-state index contributed by atoms with van der Waals surface area (Å²) in [4.78, 5) is 16.2. The minimum Gasteiger partial charge on any atom is -0.467 e. The van der Waals surface area contributed by atoms with Crippen LogP contribution in [-0.4, -0.2) is 37.0 Å². The van der Waals surface area contributed by atoms with E-state index in [0.29, 0.717) is 18.8 Å². The molecule has 1 N–H and O–H groups in total. The zero-order valence-electron chi connectivity index (χ0n) is 14.2. The molecule has 0 aliphatic carbocycles. The Balaban J connectivity index is 1.54. The molecule has 0 radical (unpaired) electrons. The highest BCUT2D eigenvalue weighted by Gasteiger charge is 2.17. The summed E-state index contributed by atoms with van der Waals surface area (Å²) in [7, 11) is 0. The molecule has 3 rings (SSSR count). The summed E-state index contributed by atoms with van der Waals surface area (Å²) in [6, 6.07) is 11.8. The van der Waals surface area contributed by atoms with E-state index >= 15 is 0 Å². The van der Waals surface area contributed by atoms with E-state index in [9.17, 15) is 14.4 Å². The van der Waals surface area contributed by atoms with Gasteiger partial charge in [0.25, 0.3) is 5.91 Å². The number of halogens is 1. The maximum absolute atomic E-state index is 13.0. The molecule has 1 aliphatic rings. The molecule has 0 saturated carbocycles. The zero-order valence-corrected chi connectivity index (χ0v) is 14.2. The molecule has 1 aromatic carbocycles. The minimum atomic E-state index is -0.426. The van der Waals surface area contributed by atoms with Gasteiger partial charge in [0.05, 0.1) is 12.8 Å². The van der Waals surface area contributed by atoms with Gasteiger partial charge >= 0.3 is 0 Å². The van der Waals surface area contributed by atoms with Crippen LogP contribution < -0.4 is 10.2 Å². The van der Waals surface area contributed by atoms with E-state index in [1.165, 1.54) is 18.4 Å². The highest BCUT2D eigenvalue weighted by molar-refractivity contribution is 5.97. The summed E-state index contributed by atoms with van der Waals surface area (Å²) in [6.07, 6.45) is 3.13. The van der Waals surface area contributed by atoms with Gasteiger partial charge in [0.1, 0.15) is 23.2 Å². The second-order valence-electron chi connectivity index (χ2n) is 5.92. The number of nitrogens with zero attached hydrogens (tertiary/aromatic N) is 3. The molecule has 2 heterocycles. The first-order chi connectivity index (χ1) is 12.7. The number of amides is 1. The number of rotatable bonds is 5. The Bertz CT molecular complexity index is 801. The Morgan fingerprint density at radius 1 is 1.23 bits per heavy atom. The summed E-state index contributed by atoms with van der Waals surface area (Å²) >= 11 is 0. The number of hydrogen-bond donors (Lipinski definition) is 1. The highest BCUT2D eigenvalue weighted by Crippen LogP contribution is 2.17. The Morgan fingerprint density at radius 3 is 2.58 bits per heavy atom. The molecule has 1 fully saturated rings. The monoisotopic (exact) mass is 354 g/mol. The predicted molar refractivity (Wildman–Crippen MR) is 94.4 cm³/mol. The fraction of sp³-hybridized carbons (Fsp3) is 0.263. The van der Waals surface area contributed by atoms with Crippen LogP contribution >= 0.6 is 0 Å². The van der Waals surface area contributed by atoms with Gasteiger partial charge in [-0.3, -0.25) is 4.79 Å². The minimum absolute atomic E-state index is 0.0618. The van der Waals surface area contributed by atoms with E-state index in [1.807, 2.05) is 11.0 Å². The van der Waals surface area contributed by atoms with Crippen LogP contribution in [0, 0.1) is 17.1 Å². The van der Waals surface area contributed by atoms with Crippen LogP contribution in [0.15, 0.2) is 58.9 Å². The normalized spacial score (nSPS) is 14.8. The summed E-state index contributed by atoms with van der Waals surface area (Å²) in [5, 5.41) is 11.9. The van der Waals surface area contributed by atoms with Crippen LogP contribution in [-0.2, 0) is 11.3 Å². The maximum Gasteiger partial charge on any atom is 0.263 e. The van der Waals surface area contributed by atoms with E-state index in [4.69, 9.17) is 4.42 Å². The highest BCUT2D eigenvalue weighted by atomic mass is 19.1. The van der Waals surface area contributed by atoms with E-state index in [1.54, 1.807) is 30.5 Å². The molecule has 0 unspecified atom stereocenters. The molecule has 7 heteroatoms. The number of furan rings is 1. The van der Waals surface area contributed by atoms with Crippen molar-refractivity contribution in [2.45, 2.75) is 6.54 Å². The van der Waals surface area contributed by atoms with Crippen molar-refractivity contribution in [3.8, 4) is 6.07 Å². The van der Waals surface area contributed by atoms with Crippen LogP contribution in [0.3, 0.4) is 0 Å². The van der Waals surface area contributed by atoms with Crippen molar-refractivity contribution in [2.75, 3.05) is 31.1 Å². The van der Waals surface area contributed by atoms with Crippen LogP contribution in [0.1, 0.15) is 5.76 Å². The Kier molecular flexibility index (Phi) is 5.54. The van der Waals surface area contributed by atoms with Gasteiger partial charge in [-0.25, -0.2) is 4.39 Å². The molecule has 0 atom stereocenters. The molecule has 6 nitrogen and oxygen atoms in total. The van der Waals surface area contributed by atoms with Crippen molar-refractivity contribution < 1.29 is 13.6 Å². The van der Waals surface area contributed by atoms with E-state index < -0.39 is 5.91 Å². The van der Waals surface area contributed by atoms with Crippen molar-refractivity contribution in [1.29, 1.82) is 5.26 Å². The molecule has 0 spiro atoms. The third-order valence-corrected chi connectivity index (χ3v) is 4.19. The number of nitrogens with one attached hydrogen (secondary N) is 1.